The summed E-state index contributed by atoms with van der Waals surface area (Å²) in [5, 5.41) is 16.0. The van der Waals surface area contributed by atoms with E-state index in [1.165, 1.54) is 0 Å². The first kappa shape index (κ1) is 34.0. The Labute approximate surface area is 283 Å². The Hall–Kier alpha value is -3.87. The number of amides is 3. The van der Waals surface area contributed by atoms with Crippen LogP contribution in [0, 0.1) is 5.92 Å². The average molecular weight is 671 g/mol. The summed E-state index contributed by atoms with van der Waals surface area (Å²) in [5.74, 6) is -0.856. The Kier molecular flexibility index (Phi) is 9.87. The molecule has 254 valence electrons. The van der Waals surface area contributed by atoms with Gasteiger partial charge in [-0.2, -0.15) is 0 Å². The number of nitrogens with zero attached hydrogens (tertiary/aromatic N) is 2. The zero-order valence-corrected chi connectivity index (χ0v) is 28.9. The number of aliphatic hydroxyl groups excluding tert-OH is 1. The highest BCUT2D eigenvalue weighted by Gasteiger charge is 2.66. The van der Waals surface area contributed by atoms with Gasteiger partial charge in [-0.25, -0.2) is 0 Å². The lowest BCUT2D eigenvalue weighted by Crippen LogP contribution is -2.46. The predicted molar refractivity (Wildman–Crippen MR) is 186 cm³/mol. The Bertz CT molecular complexity index is 1620. The molecule has 11 heteroatoms. The summed E-state index contributed by atoms with van der Waals surface area (Å²) in [5.41, 5.74) is 2.26. The van der Waals surface area contributed by atoms with Crippen molar-refractivity contribution in [1.29, 1.82) is 0 Å². The van der Waals surface area contributed by atoms with Crippen LogP contribution in [0.4, 0.5) is 11.4 Å². The molecule has 0 saturated carbocycles. The minimum absolute atomic E-state index is 0.0143. The molecule has 5 atom stereocenters. The van der Waals surface area contributed by atoms with Crippen LogP contribution in [0.1, 0.15) is 42.9 Å². The topological polar surface area (TPSA) is 131 Å². The van der Waals surface area contributed by atoms with Crippen molar-refractivity contribution in [3.05, 3.63) is 95.6 Å². The first-order valence-corrected chi connectivity index (χ1v) is 19.9. The standard InChI is InChI=1S/C37H46N4O6Si/c1-25-34(48(2,3)46)32(22-33(43)40(20-21-42)23-26-10-5-4-6-11-26)47-37(25)29-12-7-8-14-31(29)41(36(37)45)24-27-15-17-28(18-16-27)39-35(44)30-13-9-19-38-30/h4-8,10-12,14-18,25,30,32,34,38,42,46H,9,13,19-24H2,1-3H3,(H,39,44)/t25-,30-,32+,34-,37+/m1/s1. The number of rotatable bonds is 11. The molecule has 10 nitrogen and oxygen atoms in total. The Morgan fingerprint density at radius 3 is 2.42 bits per heavy atom. The number of carbonyl (C=O) groups excluding carboxylic acids is 3. The predicted octanol–water partition coefficient (Wildman–Crippen LogP) is 4.13. The van der Waals surface area contributed by atoms with E-state index in [2.05, 4.69) is 10.6 Å². The van der Waals surface area contributed by atoms with E-state index in [0.717, 1.165) is 41.8 Å². The second kappa shape index (κ2) is 13.9. The highest BCUT2D eigenvalue weighted by molar-refractivity contribution is 6.71. The summed E-state index contributed by atoms with van der Waals surface area (Å²) in [6, 6.07) is 24.6. The van der Waals surface area contributed by atoms with Crippen LogP contribution in [0.25, 0.3) is 0 Å². The van der Waals surface area contributed by atoms with Crippen molar-refractivity contribution in [1.82, 2.24) is 10.2 Å². The third-order valence-electron chi connectivity index (χ3n) is 10.1. The molecule has 3 heterocycles. The van der Waals surface area contributed by atoms with Gasteiger partial charge in [0.15, 0.2) is 13.9 Å². The number of nitrogens with one attached hydrogen (secondary N) is 2. The Morgan fingerprint density at radius 1 is 1.04 bits per heavy atom. The van der Waals surface area contributed by atoms with Crippen molar-refractivity contribution < 1.29 is 29.0 Å². The van der Waals surface area contributed by atoms with Crippen LogP contribution < -0.4 is 15.5 Å². The van der Waals surface area contributed by atoms with Gasteiger partial charge in [-0.15, -0.1) is 0 Å². The molecule has 3 aromatic carbocycles. The quantitative estimate of drug-likeness (QED) is 0.226. The van der Waals surface area contributed by atoms with Crippen molar-refractivity contribution in [2.24, 2.45) is 5.92 Å². The number of aliphatic hydroxyl groups is 1. The molecule has 4 N–H and O–H groups in total. The highest BCUT2D eigenvalue weighted by Crippen LogP contribution is 2.59. The average Bonchev–Trinajstić information content (AvgIpc) is 3.76. The van der Waals surface area contributed by atoms with E-state index in [4.69, 9.17) is 4.74 Å². The van der Waals surface area contributed by atoms with Crippen molar-refractivity contribution >= 4 is 37.4 Å². The van der Waals surface area contributed by atoms with E-state index in [-0.39, 0.29) is 43.3 Å². The van der Waals surface area contributed by atoms with E-state index in [1.807, 2.05) is 98.9 Å². The van der Waals surface area contributed by atoms with Crippen molar-refractivity contribution in [3.8, 4) is 0 Å². The largest absolute Gasteiger partial charge is 0.432 e. The van der Waals surface area contributed by atoms with Gasteiger partial charge < -0.3 is 35.1 Å². The molecule has 2 saturated heterocycles. The summed E-state index contributed by atoms with van der Waals surface area (Å²) < 4.78 is 6.85. The first-order valence-electron chi connectivity index (χ1n) is 16.9. The normalized spacial score (nSPS) is 25.0. The minimum atomic E-state index is -2.97. The molecule has 48 heavy (non-hydrogen) atoms. The van der Waals surface area contributed by atoms with E-state index in [1.54, 1.807) is 9.80 Å². The number of anilines is 2. The van der Waals surface area contributed by atoms with E-state index >= 15 is 0 Å². The summed E-state index contributed by atoms with van der Waals surface area (Å²) in [6.07, 6.45) is 1.10. The lowest BCUT2D eigenvalue weighted by molar-refractivity contribution is -0.150. The molecule has 0 aromatic heterocycles. The Morgan fingerprint density at radius 2 is 1.75 bits per heavy atom. The monoisotopic (exact) mass is 670 g/mol. The molecule has 1 spiro atoms. The highest BCUT2D eigenvalue weighted by atomic mass is 28.4. The van der Waals surface area contributed by atoms with E-state index < -0.39 is 31.5 Å². The van der Waals surface area contributed by atoms with Crippen LogP contribution in [-0.4, -0.2) is 72.7 Å². The fourth-order valence-corrected chi connectivity index (χ4v) is 10.5. The van der Waals surface area contributed by atoms with Crippen molar-refractivity contribution in [2.45, 2.75) is 75.7 Å². The number of hydrogen-bond donors (Lipinski definition) is 4. The number of hydrogen-bond acceptors (Lipinski definition) is 7. The third kappa shape index (κ3) is 6.57. The van der Waals surface area contributed by atoms with Gasteiger partial charge in [0.25, 0.3) is 5.91 Å². The number of ether oxygens (including phenoxy) is 1. The van der Waals surface area contributed by atoms with Gasteiger partial charge in [0.1, 0.15) is 0 Å². The number of benzene rings is 3. The van der Waals surface area contributed by atoms with Gasteiger partial charge in [-0.3, -0.25) is 14.4 Å². The SMILES string of the molecule is C[C@@H]1[C@@H]([Si](C)(C)O)[C@H](CC(=O)N(CCO)Cc2ccccc2)O[C@@]12C(=O)N(Cc1ccc(NC(=O)[C@H]3CCCN3)cc1)c1ccccc12. The second-order valence-electron chi connectivity index (χ2n) is 13.8. The smallest absolute Gasteiger partial charge is 0.264 e. The van der Waals surface area contributed by atoms with Crippen molar-refractivity contribution in [2.75, 3.05) is 29.9 Å². The number of fused-ring (bicyclic) bond motifs is 2. The summed E-state index contributed by atoms with van der Waals surface area (Å²) in [4.78, 5) is 56.1. The minimum Gasteiger partial charge on any atom is -0.432 e. The van der Waals surface area contributed by atoms with Crippen molar-refractivity contribution in [3.63, 3.8) is 0 Å². The third-order valence-corrected chi connectivity index (χ3v) is 12.6. The van der Waals surface area contributed by atoms with Gasteiger partial charge in [0.2, 0.25) is 11.8 Å². The van der Waals surface area contributed by atoms with Gasteiger partial charge >= 0.3 is 0 Å². The Balaban J connectivity index is 1.25. The fraction of sp³-hybridized carbons (Fsp3) is 0.432. The van der Waals surface area contributed by atoms with Gasteiger partial charge in [-0.05, 0) is 61.8 Å². The molecular weight excluding hydrogens is 625 g/mol. The lowest BCUT2D eigenvalue weighted by atomic mass is 9.82. The van der Waals surface area contributed by atoms with E-state index in [9.17, 15) is 24.3 Å². The van der Waals surface area contributed by atoms with Crippen LogP contribution in [0.3, 0.4) is 0 Å². The second-order valence-corrected chi connectivity index (χ2v) is 17.8. The van der Waals surface area contributed by atoms with Gasteiger partial charge in [0, 0.05) is 35.8 Å². The lowest BCUT2D eigenvalue weighted by Gasteiger charge is -2.32. The van der Waals surface area contributed by atoms with Crippen LogP contribution in [0.2, 0.25) is 18.6 Å². The summed E-state index contributed by atoms with van der Waals surface area (Å²) >= 11 is 0. The van der Waals surface area contributed by atoms with Gasteiger partial charge in [-0.1, -0.05) is 67.6 Å². The molecule has 3 aliphatic rings. The maximum Gasteiger partial charge on any atom is 0.264 e. The maximum absolute atomic E-state index is 14.7. The number of para-hydroxylation sites is 1. The van der Waals surface area contributed by atoms with E-state index in [0.29, 0.717) is 18.8 Å². The van der Waals surface area contributed by atoms with Crippen LogP contribution in [0.15, 0.2) is 78.9 Å². The molecule has 3 amide bonds. The molecule has 3 aliphatic heterocycles. The fourth-order valence-electron chi connectivity index (χ4n) is 7.92. The molecule has 2 fully saturated rings. The number of carbonyl (C=O) groups is 3. The van der Waals surface area contributed by atoms with Crippen LogP contribution >= 0.6 is 0 Å². The summed E-state index contributed by atoms with van der Waals surface area (Å²) in [6.45, 7) is 7.12. The first-order chi connectivity index (χ1) is 23.0. The molecule has 0 radical (unpaired) electrons. The summed E-state index contributed by atoms with van der Waals surface area (Å²) in [7, 11) is -2.97. The molecule has 3 aromatic rings. The zero-order valence-electron chi connectivity index (χ0n) is 27.9. The zero-order chi connectivity index (χ0) is 34.1. The van der Waals surface area contributed by atoms with Crippen LogP contribution in [0.5, 0.6) is 0 Å². The van der Waals surface area contributed by atoms with Gasteiger partial charge in [0.05, 0.1) is 37.4 Å². The van der Waals surface area contributed by atoms with Crippen LogP contribution in [-0.2, 0) is 37.8 Å². The molecule has 0 bridgehead atoms. The molecular formula is C37H46N4O6Si. The maximum atomic E-state index is 14.7. The molecule has 0 unspecified atom stereocenters. The molecule has 0 aliphatic carbocycles. The molecule has 6 rings (SSSR count).